The van der Waals surface area contributed by atoms with Crippen LogP contribution in [0.1, 0.15) is 40.4 Å². The smallest absolute Gasteiger partial charge is 0.253 e. The quantitative estimate of drug-likeness (QED) is 0.775. The summed E-state index contributed by atoms with van der Waals surface area (Å²) in [5.41, 5.74) is 4.48. The number of carbonyl (C=O) groups excluding carboxylic acids is 1. The predicted molar refractivity (Wildman–Crippen MR) is 107 cm³/mol. The van der Waals surface area contributed by atoms with Crippen LogP contribution in [0, 0.1) is 0 Å². The van der Waals surface area contributed by atoms with Crippen molar-refractivity contribution in [1.82, 2.24) is 20.2 Å². The van der Waals surface area contributed by atoms with E-state index in [1.165, 1.54) is 18.4 Å². The summed E-state index contributed by atoms with van der Waals surface area (Å²) in [6.45, 7) is 2.51. The largest absolute Gasteiger partial charge is 0.336 e. The highest BCUT2D eigenvalue weighted by atomic mass is 16.2. The van der Waals surface area contributed by atoms with E-state index in [-0.39, 0.29) is 5.91 Å². The van der Waals surface area contributed by atoms with Gasteiger partial charge in [0.1, 0.15) is 0 Å². The van der Waals surface area contributed by atoms with Crippen molar-refractivity contribution in [2.24, 2.45) is 0 Å². The first-order valence-electron chi connectivity index (χ1n) is 9.47. The zero-order valence-electron chi connectivity index (χ0n) is 15.6. The molecule has 1 aliphatic rings. The Morgan fingerprint density at radius 3 is 2.85 bits per heavy atom. The molecule has 1 aliphatic heterocycles. The third-order valence-electron chi connectivity index (χ3n) is 5.15. The molecule has 0 radical (unpaired) electrons. The number of rotatable bonds is 4. The maximum Gasteiger partial charge on any atom is 0.253 e. The van der Waals surface area contributed by atoms with Crippen molar-refractivity contribution in [3.63, 3.8) is 0 Å². The average Bonchev–Trinajstić information content (AvgIpc) is 2.74. The fourth-order valence-electron chi connectivity index (χ4n) is 3.67. The summed E-state index contributed by atoms with van der Waals surface area (Å²) in [4.78, 5) is 23.7. The van der Waals surface area contributed by atoms with Gasteiger partial charge in [-0.15, -0.1) is 0 Å². The van der Waals surface area contributed by atoms with Gasteiger partial charge in [0.15, 0.2) is 0 Å². The lowest BCUT2D eigenvalue weighted by atomic mass is 9.90. The Morgan fingerprint density at radius 1 is 1.19 bits per heavy atom. The summed E-state index contributed by atoms with van der Waals surface area (Å²) in [5, 5.41) is 3.44. The minimum Gasteiger partial charge on any atom is -0.336 e. The number of carbonyl (C=O) groups is 1. The topological polar surface area (TPSA) is 58.1 Å². The highest BCUT2D eigenvalue weighted by Crippen LogP contribution is 2.24. The van der Waals surface area contributed by atoms with E-state index in [0.29, 0.717) is 12.5 Å². The van der Waals surface area contributed by atoms with Crippen molar-refractivity contribution < 1.29 is 4.79 Å². The van der Waals surface area contributed by atoms with E-state index in [9.17, 15) is 4.79 Å². The lowest BCUT2D eigenvalue weighted by Gasteiger charge is -2.24. The first-order chi connectivity index (χ1) is 13.2. The van der Waals surface area contributed by atoms with Crippen molar-refractivity contribution in [3.8, 4) is 0 Å². The third kappa shape index (κ3) is 3.98. The second kappa shape index (κ2) is 7.84. The number of piperidine rings is 1. The SMILES string of the molecule is CN(Cc1cnc2ccccc2n1)C(=O)c1cccc(C2CCCNC2)c1. The van der Waals surface area contributed by atoms with Gasteiger partial charge in [-0.2, -0.15) is 0 Å². The Kier molecular flexibility index (Phi) is 5.12. The Labute approximate surface area is 159 Å². The number of nitrogens with zero attached hydrogens (tertiary/aromatic N) is 3. The molecule has 1 fully saturated rings. The van der Waals surface area contributed by atoms with Crippen LogP contribution in [0.25, 0.3) is 11.0 Å². The molecule has 3 aromatic rings. The first kappa shape index (κ1) is 17.6. The van der Waals surface area contributed by atoms with Crippen LogP contribution >= 0.6 is 0 Å². The minimum atomic E-state index is 0.00979. The Morgan fingerprint density at radius 2 is 2.04 bits per heavy atom. The van der Waals surface area contributed by atoms with Crippen molar-refractivity contribution >= 4 is 16.9 Å². The molecule has 0 spiro atoms. The second-order valence-corrected chi connectivity index (χ2v) is 7.18. The number of nitrogens with one attached hydrogen (secondary N) is 1. The Hall–Kier alpha value is -2.79. The predicted octanol–water partition coefficient (Wildman–Crippen LogP) is 3.37. The molecule has 5 heteroatoms. The van der Waals surface area contributed by atoms with E-state index in [0.717, 1.165) is 35.4 Å². The maximum absolute atomic E-state index is 12.9. The molecular weight excluding hydrogens is 336 g/mol. The lowest BCUT2D eigenvalue weighted by Crippen LogP contribution is -2.29. The van der Waals surface area contributed by atoms with Gasteiger partial charge in [-0.1, -0.05) is 24.3 Å². The number of hydrogen-bond donors (Lipinski definition) is 1. The third-order valence-corrected chi connectivity index (χ3v) is 5.15. The molecule has 1 aromatic heterocycles. The molecule has 0 aliphatic carbocycles. The maximum atomic E-state index is 12.9. The average molecular weight is 360 g/mol. The van der Waals surface area contributed by atoms with Gasteiger partial charge in [0.2, 0.25) is 0 Å². The standard InChI is InChI=1S/C22H24N4O/c1-26(15-19-14-24-20-9-2-3-10-21(20)25-19)22(27)17-7-4-6-16(12-17)18-8-5-11-23-13-18/h2-4,6-7,9-10,12,14,18,23H,5,8,11,13,15H2,1H3. The molecule has 2 aromatic carbocycles. The van der Waals surface area contributed by atoms with Gasteiger partial charge >= 0.3 is 0 Å². The molecule has 27 heavy (non-hydrogen) atoms. The molecule has 0 saturated carbocycles. The summed E-state index contributed by atoms with van der Waals surface area (Å²) in [7, 11) is 1.81. The van der Waals surface area contributed by atoms with Gasteiger partial charge < -0.3 is 10.2 Å². The molecule has 1 amide bonds. The van der Waals surface area contributed by atoms with Gasteiger partial charge in [-0.25, -0.2) is 4.98 Å². The van der Waals surface area contributed by atoms with E-state index in [1.807, 2.05) is 49.5 Å². The van der Waals surface area contributed by atoms with E-state index in [2.05, 4.69) is 21.4 Å². The molecule has 138 valence electrons. The zero-order valence-corrected chi connectivity index (χ0v) is 15.6. The molecule has 2 heterocycles. The van der Waals surface area contributed by atoms with Crippen LogP contribution in [0.5, 0.6) is 0 Å². The summed E-state index contributed by atoms with van der Waals surface area (Å²) >= 11 is 0. The van der Waals surface area contributed by atoms with Crippen molar-refractivity contribution in [3.05, 3.63) is 71.5 Å². The highest BCUT2D eigenvalue weighted by Gasteiger charge is 2.18. The summed E-state index contributed by atoms with van der Waals surface area (Å²) in [6, 6.07) is 15.8. The van der Waals surface area contributed by atoms with Crippen LogP contribution in [0.4, 0.5) is 0 Å². The molecule has 1 N–H and O–H groups in total. The van der Waals surface area contributed by atoms with Gasteiger partial charge in [0.05, 0.1) is 29.5 Å². The number of para-hydroxylation sites is 2. The van der Waals surface area contributed by atoms with Crippen LogP contribution in [-0.2, 0) is 6.54 Å². The van der Waals surface area contributed by atoms with E-state index >= 15 is 0 Å². The van der Waals surface area contributed by atoms with Crippen LogP contribution in [-0.4, -0.2) is 40.9 Å². The highest BCUT2D eigenvalue weighted by molar-refractivity contribution is 5.94. The normalized spacial score (nSPS) is 17.0. The van der Waals surface area contributed by atoms with Gasteiger partial charge in [-0.05, 0) is 55.1 Å². The lowest BCUT2D eigenvalue weighted by molar-refractivity contribution is 0.0783. The van der Waals surface area contributed by atoms with Crippen molar-refractivity contribution in [2.45, 2.75) is 25.3 Å². The Bertz CT molecular complexity index is 950. The zero-order chi connectivity index (χ0) is 18.6. The van der Waals surface area contributed by atoms with Gasteiger partial charge in [0, 0.05) is 19.2 Å². The van der Waals surface area contributed by atoms with Crippen LogP contribution in [0.15, 0.2) is 54.7 Å². The fourth-order valence-corrected chi connectivity index (χ4v) is 3.67. The number of benzene rings is 2. The van der Waals surface area contributed by atoms with Crippen LogP contribution in [0.3, 0.4) is 0 Å². The van der Waals surface area contributed by atoms with Crippen molar-refractivity contribution in [2.75, 3.05) is 20.1 Å². The van der Waals surface area contributed by atoms with Crippen LogP contribution < -0.4 is 5.32 Å². The minimum absolute atomic E-state index is 0.00979. The number of hydrogen-bond acceptors (Lipinski definition) is 4. The summed E-state index contributed by atoms with van der Waals surface area (Å²) in [5.74, 6) is 0.499. The number of amides is 1. The number of fused-ring (bicyclic) bond motifs is 1. The fraction of sp³-hybridized carbons (Fsp3) is 0.318. The second-order valence-electron chi connectivity index (χ2n) is 7.18. The monoisotopic (exact) mass is 360 g/mol. The van der Waals surface area contributed by atoms with Crippen LogP contribution in [0.2, 0.25) is 0 Å². The molecule has 4 rings (SSSR count). The summed E-state index contributed by atoms with van der Waals surface area (Å²) < 4.78 is 0. The van der Waals surface area contributed by atoms with E-state index in [1.54, 1.807) is 11.1 Å². The molecular formula is C22H24N4O. The van der Waals surface area contributed by atoms with E-state index in [4.69, 9.17) is 0 Å². The van der Waals surface area contributed by atoms with Gasteiger partial charge in [-0.3, -0.25) is 9.78 Å². The Balaban J connectivity index is 1.49. The van der Waals surface area contributed by atoms with Gasteiger partial charge in [0.25, 0.3) is 5.91 Å². The number of aromatic nitrogens is 2. The first-order valence-corrected chi connectivity index (χ1v) is 9.47. The molecule has 1 unspecified atom stereocenters. The molecule has 5 nitrogen and oxygen atoms in total. The van der Waals surface area contributed by atoms with Crippen molar-refractivity contribution in [1.29, 1.82) is 0 Å². The molecule has 0 bridgehead atoms. The molecule has 1 atom stereocenters. The molecule has 1 saturated heterocycles. The van der Waals surface area contributed by atoms with E-state index < -0.39 is 0 Å². The summed E-state index contributed by atoms with van der Waals surface area (Å²) in [6.07, 6.45) is 4.10.